The van der Waals surface area contributed by atoms with E-state index >= 15 is 0 Å². The van der Waals surface area contributed by atoms with Crippen molar-refractivity contribution in [1.82, 2.24) is 10.2 Å². The highest BCUT2D eigenvalue weighted by atomic mass is 32.2. The van der Waals surface area contributed by atoms with Crippen LogP contribution in [-0.4, -0.2) is 55.1 Å². The van der Waals surface area contributed by atoms with E-state index in [2.05, 4.69) is 50.4 Å². The fourth-order valence-corrected chi connectivity index (χ4v) is 4.71. The van der Waals surface area contributed by atoms with Crippen LogP contribution < -0.4 is 19.9 Å². The normalized spacial score (nSPS) is 13.5. The topological polar surface area (TPSA) is 70.6 Å². The number of carbonyl (C=O) groups is 1. The van der Waals surface area contributed by atoms with E-state index in [1.54, 1.807) is 7.11 Å². The number of aryl methyl sites for hydroxylation is 1. The number of nitrogens with one attached hydrogen (secondary N) is 1. The third-order valence-corrected chi connectivity index (χ3v) is 6.98. The number of benzene rings is 2. The number of carbonyl (C=O) groups excluding carboxylic acids is 1. The zero-order chi connectivity index (χ0) is 24.5. The van der Waals surface area contributed by atoms with Crippen molar-refractivity contribution in [3.8, 4) is 5.75 Å². The standard InChI is InChI=1S/C27H33N5O2S/c1-3-4-7-21-10-12-22(13-11-21)28-26(33)20-35-27-15-14-25(29-30-27)32-18-16-31(17-19-32)23-8-5-6-9-24(23)34-2/h5-6,8-15H,3-4,7,16-20H2,1-2H3,(H,28,33). The van der Waals surface area contributed by atoms with Crippen LogP contribution in [0.3, 0.4) is 0 Å². The maximum Gasteiger partial charge on any atom is 0.234 e. The summed E-state index contributed by atoms with van der Waals surface area (Å²) in [6, 6.07) is 20.1. The van der Waals surface area contributed by atoms with E-state index in [0.717, 1.165) is 60.6 Å². The minimum Gasteiger partial charge on any atom is -0.495 e. The molecule has 1 aromatic heterocycles. The molecule has 0 aliphatic carbocycles. The smallest absolute Gasteiger partial charge is 0.234 e. The molecule has 2 aromatic carbocycles. The summed E-state index contributed by atoms with van der Waals surface area (Å²) in [4.78, 5) is 16.9. The Balaban J connectivity index is 1.23. The van der Waals surface area contributed by atoms with Gasteiger partial charge in [0.15, 0.2) is 5.82 Å². The number of amides is 1. The maximum absolute atomic E-state index is 12.3. The minimum absolute atomic E-state index is 0.0466. The van der Waals surface area contributed by atoms with Crippen molar-refractivity contribution in [1.29, 1.82) is 0 Å². The summed E-state index contributed by atoms with van der Waals surface area (Å²) >= 11 is 1.39. The van der Waals surface area contributed by atoms with Crippen molar-refractivity contribution in [2.24, 2.45) is 0 Å². The first-order valence-corrected chi connectivity index (χ1v) is 13.1. The predicted molar refractivity (Wildman–Crippen MR) is 144 cm³/mol. The zero-order valence-electron chi connectivity index (χ0n) is 20.4. The minimum atomic E-state index is -0.0466. The summed E-state index contributed by atoms with van der Waals surface area (Å²) < 4.78 is 5.51. The van der Waals surface area contributed by atoms with Crippen molar-refractivity contribution in [2.45, 2.75) is 31.2 Å². The summed E-state index contributed by atoms with van der Waals surface area (Å²) in [5.74, 6) is 2.01. The van der Waals surface area contributed by atoms with Gasteiger partial charge in [0.25, 0.3) is 0 Å². The van der Waals surface area contributed by atoms with Gasteiger partial charge < -0.3 is 19.9 Å². The summed E-state index contributed by atoms with van der Waals surface area (Å²) in [6.45, 7) is 5.68. The van der Waals surface area contributed by atoms with Crippen LogP contribution in [0.25, 0.3) is 0 Å². The highest BCUT2D eigenvalue weighted by molar-refractivity contribution is 7.99. The summed E-state index contributed by atoms with van der Waals surface area (Å²) in [6.07, 6.45) is 3.44. The van der Waals surface area contributed by atoms with Gasteiger partial charge in [0.05, 0.1) is 18.6 Å². The number of anilines is 3. The second-order valence-electron chi connectivity index (χ2n) is 8.51. The lowest BCUT2D eigenvalue weighted by atomic mass is 10.1. The van der Waals surface area contributed by atoms with Gasteiger partial charge in [-0.1, -0.05) is 49.4 Å². The molecule has 0 saturated carbocycles. The van der Waals surface area contributed by atoms with Crippen molar-refractivity contribution >= 4 is 34.9 Å². The van der Waals surface area contributed by atoms with Crippen LogP contribution >= 0.6 is 11.8 Å². The summed E-state index contributed by atoms with van der Waals surface area (Å²) in [5, 5.41) is 12.4. The van der Waals surface area contributed by atoms with Crippen molar-refractivity contribution in [3.05, 3.63) is 66.2 Å². The highest BCUT2D eigenvalue weighted by Crippen LogP contribution is 2.29. The summed E-state index contributed by atoms with van der Waals surface area (Å²) in [7, 11) is 1.71. The lowest BCUT2D eigenvalue weighted by Crippen LogP contribution is -2.47. The number of ether oxygens (including phenoxy) is 1. The number of nitrogens with zero attached hydrogens (tertiary/aromatic N) is 4. The third kappa shape index (κ3) is 6.88. The van der Waals surface area contributed by atoms with Gasteiger partial charge in [0.2, 0.25) is 5.91 Å². The monoisotopic (exact) mass is 491 g/mol. The van der Waals surface area contributed by atoms with Crippen molar-refractivity contribution in [3.63, 3.8) is 0 Å². The molecule has 1 N–H and O–H groups in total. The first-order chi connectivity index (χ1) is 17.2. The van der Waals surface area contributed by atoms with Crippen LogP contribution in [0.4, 0.5) is 17.2 Å². The van der Waals surface area contributed by atoms with Gasteiger partial charge >= 0.3 is 0 Å². The van der Waals surface area contributed by atoms with Crippen LogP contribution in [0, 0.1) is 0 Å². The number of rotatable bonds is 10. The lowest BCUT2D eigenvalue weighted by molar-refractivity contribution is -0.113. The van der Waals surface area contributed by atoms with E-state index < -0.39 is 0 Å². The summed E-state index contributed by atoms with van der Waals surface area (Å²) in [5.41, 5.74) is 3.25. The quantitative estimate of drug-likeness (QED) is 0.405. The molecule has 0 unspecified atom stereocenters. The fourth-order valence-electron chi connectivity index (χ4n) is 4.10. The Bertz CT molecular complexity index is 1080. The molecule has 2 heterocycles. The van der Waals surface area contributed by atoms with Crippen LogP contribution in [0.1, 0.15) is 25.3 Å². The average molecular weight is 492 g/mol. The van der Waals surface area contributed by atoms with Crippen LogP contribution in [0.15, 0.2) is 65.7 Å². The second-order valence-corrected chi connectivity index (χ2v) is 9.51. The number of hydrogen-bond donors (Lipinski definition) is 1. The number of hydrogen-bond acceptors (Lipinski definition) is 7. The van der Waals surface area contributed by atoms with Gasteiger partial charge in [-0.2, -0.15) is 0 Å². The molecule has 184 valence electrons. The number of piperazine rings is 1. The molecule has 1 aliphatic rings. The van der Waals surface area contributed by atoms with Gasteiger partial charge in [0.1, 0.15) is 10.8 Å². The van der Waals surface area contributed by atoms with E-state index in [4.69, 9.17) is 4.74 Å². The number of para-hydroxylation sites is 2. The van der Waals surface area contributed by atoms with Gasteiger partial charge in [0, 0.05) is 31.9 Å². The number of aromatic nitrogens is 2. The SMILES string of the molecule is CCCCc1ccc(NC(=O)CSc2ccc(N3CCN(c4ccccc4OC)CC3)nn2)cc1. The Morgan fingerprint density at radius 2 is 1.71 bits per heavy atom. The van der Waals surface area contributed by atoms with Crippen LogP contribution in [-0.2, 0) is 11.2 Å². The second kappa shape index (κ2) is 12.4. The van der Waals surface area contributed by atoms with Crippen molar-refractivity contribution in [2.75, 3.05) is 54.2 Å². The Morgan fingerprint density at radius 1 is 0.971 bits per heavy atom. The molecular weight excluding hydrogens is 458 g/mol. The van der Waals surface area contributed by atoms with E-state index in [9.17, 15) is 4.79 Å². The van der Waals surface area contributed by atoms with Crippen molar-refractivity contribution < 1.29 is 9.53 Å². The molecule has 35 heavy (non-hydrogen) atoms. The van der Waals surface area contributed by atoms with E-state index in [1.165, 1.54) is 30.2 Å². The van der Waals surface area contributed by atoms with Crippen LogP contribution in [0.5, 0.6) is 5.75 Å². The molecule has 0 radical (unpaired) electrons. The molecule has 0 atom stereocenters. The zero-order valence-corrected chi connectivity index (χ0v) is 21.3. The molecule has 0 spiro atoms. The Hall–Kier alpha value is -3.26. The predicted octanol–water partition coefficient (Wildman–Crippen LogP) is 4.89. The Kier molecular flexibility index (Phi) is 8.84. The molecule has 1 fully saturated rings. The van der Waals surface area contributed by atoms with Crippen LogP contribution in [0.2, 0.25) is 0 Å². The molecule has 7 nitrogen and oxygen atoms in total. The number of methoxy groups -OCH3 is 1. The largest absolute Gasteiger partial charge is 0.495 e. The molecule has 1 amide bonds. The van der Waals surface area contributed by atoms with Gasteiger partial charge in [-0.3, -0.25) is 4.79 Å². The number of unbranched alkanes of at least 4 members (excludes halogenated alkanes) is 1. The lowest BCUT2D eigenvalue weighted by Gasteiger charge is -2.37. The number of thioether (sulfide) groups is 1. The maximum atomic E-state index is 12.3. The first-order valence-electron chi connectivity index (χ1n) is 12.1. The average Bonchev–Trinajstić information content (AvgIpc) is 2.92. The Labute approximate surface area is 211 Å². The van der Waals surface area contributed by atoms with Gasteiger partial charge in [-0.25, -0.2) is 0 Å². The first kappa shape index (κ1) is 24.9. The molecule has 1 aliphatic heterocycles. The van der Waals surface area contributed by atoms with Gasteiger partial charge in [-0.15, -0.1) is 10.2 Å². The molecule has 4 rings (SSSR count). The molecule has 1 saturated heterocycles. The van der Waals surface area contributed by atoms with E-state index in [0.29, 0.717) is 5.75 Å². The van der Waals surface area contributed by atoms with E-state index in [1.807, 2.05) is 42.5 Å². The molecule has 8 heteroatoms. The highest BCUT2D eigenvalue weighted by Gasteiger charge is 2.20. The molecular formula is C27H33N5O2S. The Morgan fingerprint density at radius 3 is 2.40 bits per heavy atom. The molecule has 3 aromatic rings. The third-order valence-electron chi connectivity index (χ3n) is 6.06. The van der Waals surface area contributed by atoms with Gasteiger partial charge in [-0.05, 0) is 54.8 Å². The van der Waals surface area contributed by atoms with E-state index in [-0.39, 0.29) is 5.91 Å². The molecule has 0 bridgehead atoms. The fraction of sp³-hybridized carbons (Fsp3) is 0.370.